The van der Waals surface area contributed by atoms with Gasteiger partial charge in [0.1, 0.15) is 6.61 Å². The van der Waals surface area contributed by atoms with Crippen LogP contribution in [0.2, 0.25) is 0 Å². The SMILES string of the molecule is COCC[n+]1ccc(C(C)=O)cc1. The monoisotopic (exact) mass is 180 g/mol. The first-order chi connectivity index (χ1) is 6.24. The zero-order valence-electron chi connectivity index (χ0n) is 7.99. The molecule has 0 amide bonds. The molecule has 0 aliphatic heterocycles. The molecule has 0 unspecified atom stereocenters. The van der Waals surface area contributed by atoms with Gasteiger partial charge < -0.3 is 4.74 Å². The molecule has 0 N–H and O–H groups in total. The van der Waals surface area contributed by atoms with Gasteiger partial charge in [-0.25, -0.2) is 4.57 Å². The number of nitrogens with zero attached hydrogens (tertiary/aromatic N) is 1. The summed E-state index contributed by atoms with van der Waals surface area (Å²) in [6.45, 7) is 3.06. The molecule has 0 fully saturated rings. The van der Waals surface area contributed by atoms with Crippen molar-refractivity contribution >= 4 is 5.78 Å². The van der Waals surface area contributed by atoms with Gasteiger partial charge in [0.2, 0.25) is 0 Å². The van der Waals surface area contributed by atoms with Crippen LogP contribution in [-0.2, 0) is 11.3 Å². The topological polar surface area (TPSA) is 30.2 Å². The van der Waals surface area contributed by atoms with E-state index in [1.165, 1.54) is 0 Å². The van der Waals surface area contributed by atoms with Crippen LogP contribution in [0, 0.1) is 0 Å². The normalized spacial score (nSPS) is 10.0. The molecule has 0 spiro atoms. The van der Waals surface area contributed by atoms with Crippen LogP contribution in [0.15, 0.2) is 24.5 Å². The van der Waals surface area contributed by atoms with E-state index >= 15 is 0 Å². The van der Waals surface area contributed by atoms with Crippen LogP contribution >= 0.6 is 0 Å². The summed E-state index contributed by atoms with van der Waals surface area (Å²) in [5.41, 5.74) is 0.744. The lowest BCUT2D eigenvalue weighted by molar-refractivity contribution is -0.698. The fraction of sp³-hybridized carbons (Fsp3) is 0.400. The second kappa shape index (κ2) is 4.72. The van der Waals surface area contributed by atoms with Crippen LogP contribution in [0.25, 0.3) is 0 Å². The fourth-order valence-electron chi connectivity index (χ4n) is 1.04. The van der Waals surface area contributed by atoms with Crippen LogP contribution in [0.4, 0.5) is 0 Å². The molecule has 0 aromatic carbocycles. The molecule has 0 aliphatic rings. The smallest absolute Gasteiger partial charge is 0.171 e. The summed E-state index contributed by atoms with van der Waals surface area (Å²) < 4.78 is 6.92. The Morgan fingerprint density at radius 2 is 2.08 bits per heavy atom. The van der Waals surface area contributed by atoms with Gasteiger partial charge in [0, 0.05) is 24.8 Å². The second-order valence-corrected chi connectivity index (χ2v) is 2.87. The first kappa shape index (κ1) is 9.86. The molecule has 0 atom stereocenters. The number of aromatic nitrogens is 1. The predicted molar refractivity (Wildman–Crippen MR) is 48.5 cm³/mol. The van der Waals surface area contributed by atoms with Crippen LogP contribution < -0.4 is 4.57 Å². The van der Waals surface area contributed by atoms with Gasteiger partial charge in [0.15, 0.2) is 24.7 Å². The highest BCUT2D eigenvalue weighted by Crippen LogP contribution is 1.95. The van der Waals surface area contributed by atoms with Gasteiger partial charge in [0.05, 0.1) is 0 Å². The number of hydrogen-bond acceptors (Lipinski definition) is 2. The number of carbonyl (C=O) groups excluding carboxylic acids is 1. The van der Waals surface area contributed by atoms with Crippen molar-refractivity contribution in [2.75, 3.05) is 13.7 Å². The largest absolute Gasteiger partial charge is 0.378 e. The summed E-state index contributed by atoms with van der Waals surface area (Å²) >= 11 is 0. The van der Waals surface area contributed by atoms with Crippen LogP contribution in [0.5, 0.6) is 0 Å². The van der Waals surface area contributed by atoms with Gasteiger partial charge in [-0.1, -0.05) is 0 Å². The van der Waals surface area contributed by atoms with E-state index in [1.54, 1.807) is 14.0 Å². The van der Waals surface area contributed by atoms with Crippen LogP contribution in [-0.4, -0.2) is 19.5 Å². The Morgan fingerprint density at radius 3 is 2.54 bits per heavy atom. The van der Waals surface area contributed by atoms with E-state index in [0.29, 0.717) is 6.61 Å². The lowest BCUT2D eigenvalue weighted by atomic mass is 10.2. The Labute approximate surface area is 78.0 Å². The molecule has 0 bridgehead atoms. The Balaban J connectivity index is 2.64. The molecule has 70 valence electrons. The summed E-state index contributed by atoms with van der Waals surface area (Å²) in [6.07, 6.45) is 3.77. The highest BCUT2D eigenvalue weighted by molar-refractivity contribution is 5.93. The van der Waals surface area contributed by atoms with Crippen molar-refractivity contribution in [3.05, 3.63) is 30.1 Å². The quantitative estimate of drug-likeness (QED) is 0.507. The number of carbonyl (C=O) groups is 1. The number of hydrogen-bond donors (Lipinski definition) is 0. The second-order valence-electron chi connectivity index (χ2n) is 2.87. The molecule has 1 aromatic rings. The van der Waals surface area contributed by atoms with Gasteiger partial charge in [-0.05, 0) is 6.92 Å². The minimum Gasteiger partial charge on any atom is -0.378 e. The highest BCUT2D eigenvalue weighted by Gasteiger charge is 2.02. The van der Waals surface area contributed by atoms with Gasteiger partial charge in [-0.15, -0.1) is 0 Å². The molecule has 1 aromatic heterocycles. The lowest BCUT2D eigenvalue weighted by Crippen LogP contribution is -2.35. The number of ketones is 1. The maximum atomic E-state index is 10.9. The third-order valence-corrected chi connectivity index (χ3v) is 1.85. The summed E-state index contributed by atoms with van der Waals surface area (Å²) in [6, 6.07) is 3.63. The number of rotatable bonds is 4. The van der Waals surface area contributed by atoms with Crippen molar-refractivity contribution in [1.29, 1.82) is 0 Å². The Hall–Kier alpha value is -1.22. The van der Waals surface area contributed by atoms with Gasteiger partial charge in [-0.2, -0.15) is 0 Å². The van der Waals surface area contributed by atoms with E-state index in [4.69, 9.17) is 4.74 Å². The number of pyridine rings is 1. The molecule has 0 saturated heterocycles. The molecule has 13 heavy (non-hydrogen) atoms. The summed E-state index contributed by atoms with van der Waals surface area (Å²) in [5, 5.41) is 0. The Morgan fingerprint density at radius 1 is 1.46 bits per heavy atom. The summed E-state index contributed by atoms with van der Waals surface area (Å²) in [4.78, 5) is 10.9. The van der Waals surface area contributed by atoms with Crippen molar-refractivity contribution in [1.82, 2.24) is 0 Å². The van der Waals surface area contributed by atoms with Crippen molar-refractivity contribution < 1.29 is 14.1 Å². The molecule has 1 heterocycles. The zero-order chi connectivity index (χ0) is 9.68. The standard InChI is InChI=1S/C10H14NO2/c1-9(12)10-3-5-11(6-4-10)7-8-13-2/h3-6H,7-8H2,1-2H3/q+1. The lowest BCUT2D eigenvalue weighted by Gasteiger charge is -1.96. The van der Waals surface area contributed by atoms with Crippen molar-refractivity contribution in [3.8, 4) is 0 Å². The van der Waals surface area contributed by atoms with Crippen molar-refractivity contribution in [2.45, 2.75) is 13.5 Å². The maximum Gasteiger partial charge on any atom is 0.171 e. The summed E-state index contributed by atoms with van der Waals surface area (Å²) in [5.74, 6) is 0.0962. The molecule has 0 saturated carbocycles. The van der Waals surface area contributed by atoms with E-state index in [0.717, 1.165) is 12.1 Å². The minimum atomic E-state index is 0.0962. The number of methoxy groups -OCH3 is 1. The summed E-state index contributed by atoms with van der Waals surface area (Å²) in [7, 11) is 1.67. The van der Waals surface area contributed by atoms with Crippen LogP contribution in [0.3, 0.4) is 0 Å². The molecule has 3 nitrogen and oxygen atoms in total. The average molecular weight is 180 g/mol. The highest BCUT2D eigenvalue weighted by atomic mass is 16.5. The molecule has 0 radical (unpaired) electrons. The third-order valence-electron chi connectivity index (χ3n) is 1.85. The Kier molecular flexibility index (Phi) is 3.58. The van der Waals surface area contributed by atoms with Crippen molar-refractivity contribution in [2.24, 2.45) is 0 Å². The van der Waals surface area contributed by atoms with Gasteiger partial charge in [0.25, 0.3) is 0 Å². The number of ether oxygens (including phenoxy) is 1. The first-order valence-electron chi connectivity index (χ1n) is 4.23. The maximum absolute atomic E-state index is 10.9. The molecule has 3 heteroatoms. The van der Waals surface area contributed by atoms with Crippen LogP contribution in [0.1, 0.15) is 17.3 Å². The predicted octanol–water partition coefficient (Wildman–Crippen LogP) is 0.823. The Bertz CT molecular complexity index is 279. The molecular formula is C10H14NO2+. The molecule has 1 rings (SSSR count). The fourth-order valence-corrected chi connectivity index (χ4v) is 1.04. The van der Waals surface area contributed by atoms with E-state index < -0.39 is 0 Å². The van der Waals surface area contributed by atoms with E-state index in [2.05, 4.69) is 0 Å². The minimum absolute atomic E-state index is 0.0962. The van der Waals surface area contributed by atoms with Gasteiger partial charge >= 0.3 is 0 Å². The van der Waals surface area contributed by atoms with E-state index in [9.17, 15) is 4.79 Å². The average Bonchev–Trinajstić information content (AvgIpc) is 2.15. The van der Waals surface area contributed by atoms with Gasteiger partial charge in [-0.3, -0.25) is 4.79 Å². The van der Waals surface area contributed by atoms with Crippen molar-refractivity contribution in [3.63, 3.8) is 0 Å². The van der Waals surface area contributed by atoms with E-state index in [-0.39, 0.29) is 5.78 Å². The molecular weight excluding hydrogens is 166 g/mol. The first-order valence-corrected chi connectivity index (χ1v) is 4.23. The van der Waals surface area contributed by atoms with E-state index in [1.807, 2.05) is 29.1 Å². The number of Topliss-reactive ketones (excluding diaryl/α,β-unsaturated/α-hetero) is 1. The molecule has 0 aliphatic carbocycles. The third kappa shape index (κ3) is 2.95. The zero-order valence-corrected chi connectivity index (χ0v) is 7.99.